The van der Waals surface area contributed by atoms with Crippen molar-refractivity contribution in [2.24, 2.45) is 5.92 Å². The van der Waals surface area contributed by atoms with Gasteiger partial charge in [0.2, 0.25) is 0 Å². The van der Waals surface area contributed by atoms with Gasteiger partial charge in [-0.15, -0.1) is 0 Å². The Kier molecular flexibility index (Phi) is 4.18. The summed E-state index contributed by atoms with van der Waals surface area (Å²) in [6.45, 7) is 4.14. The third-order valence-corrected chi connectivity index (χ3v) is 3.79. The molecule has 1 N–H and O–H groups in total. The van der Waals surface area contributed by atoms with Gasteiger partial charge in [-0.25, -0.2) is 4.79 Å². The molecule has 0 aliphatic carbocycles. The van der Waals surface area contributed by atoms with E-state index in [9.17, 15) is 9.90 Å². The van der Waals surface area contributed by atoms with E-state index in [-0.39, 0.29) is 11.8 Å². The van der Waals surface area contributed by atoms with Crippen molar-refractivity contribution in [3.05, 3.63) is 23.3 Å². The highest BCUT2D eigenvalue weighted by Gasteiger charge is 2.40. The lowest BCUT2D eigenvalue weighted by molar-refractivity contribution is -0.164. The van der Waals surface area contributed by atoms with Crippen molar-refractivity contribution in [1.29, 1.82) is 0 Å². The molecule has 1 aromatic carbocycles. The monoisotopic (exact) mass is 280 g/mol. The summed E-state index contributed by atoms with van der Waals surface area (Å²) < 4.78 is 15.8. The Labute approximate surface area is 118 Å². The molecule has 1 fully saturated rings. The van der Waals surface area contributed by atoms with E-state index >= 15 is 0 Å². The van der Waals surface area contributed by atoms with Crippen LogP contribution >= 0.6 is 0 Å². The summed E-state index contributed by atoms with van der Waals surface area (Å²) in [6.07, 6.45) is -1.18. The van der Waals surface area contributed by atoms with Crippen molar-refractivity contribution in [2.45, 2.75) is 25.9 Å². The van der Waals surface area contributed by atoms with Gasteiger partial charge in [-0.3, -0.25) is 0 Å². The van der Waals surface area contributed by atoms with Gasteiger partial charge in [0.25, 0.3) is 0 Å². The van der Waals surface area contributed by atoms with E-state index in [2.05, 4.69) is 0 Å². The van der Waals surface area contributed by atoms with E-state index in [1.807, 2.05) is 26.0 Å². The highest BCUT2D eigenvalue weighted by molar-refractivity contribution is 5.77. The van der Waals surface area contributed by atoms with Gasteiger partial charge >= 0.3 is 5.97 Å². The fraction of sp³-hybridized carbons (Fsp3) is 0.533. The van der Waals surface area contributed by atoms with Gasteiger partial charge < -0.3 is 19.3 Å². The Bertz CT molecular complexity index is 511. The summed E-state index contributed by atoms with van der Waals surface area (Å²) in [5, 5.41) is 10.1. The number of cyclic esters (lactones) is 1. The number of aryl methyl sites for hydroxylation is 1. The number of aliphatic hydroxyl groups excluding tert-OH is 1. The summed E-state index contributed by atoms with van der Waals surface area (Å²) in [5.41, 5.74) is 1.71. The summed E-state index contributed by atoms with van der Waals surface area (Å²) in [4.78, 5) is 11.6. The molecule has 110 valence electrons. The Morgan fingerprint density at radius 2 is 1.90 bits per heavy atom. The number of benzene rings is 1. The zero-order valence-electron chi connectivity index (χ0n) is 12.2. The standard InChI is InChI=1S/C15H20O5/c1-8-5-6-10(14(19-4)13(8)18-3)11-9(2)7-20-15(17)12(11)16/h5-6,9,11-12,16H,7H2,1-4H3/t9-,11-,12+/m1/s1. The number of aliphatic hydroxyl groups is 1. The van der Waals surface area contributed by atoms with Gasteiger partial charge in [0.1, 0.15) is 0 Å². The third-order valence-electron chi connectivity index (χ3n) is 3.79. The maximum absolute atomic E-state index is 11.6. The second kappa shape index (κ2) is 5.71. The maximum Gasteiger partial charge on any atom is 0.335 e. The summed E-state index contributed by atoms with van der Waals surface area (Å²) >= 11 is 0. The minimum absolute atomic E-state index is 0.00372. The van der Waals surface area contributed by atoms with E-state index in [0.29, 0.717) is 18.1 Å². The van der Waals surface area contributed by atoms with Crippen molar-refractivity contribution >= 4 is 5.97 Å². The first-order valence-corrected chi connectivity index (χ1v) is 6.57. The van der Waals surface area contributed by atoms with E-state index in [1.165, 1.54) is 0 Å². The molecule has 1 aliphatic rings. The average Bonchev–Trinajstić information content (AvgIpc) is 2.44. The lowest BCUT2D eigenvalue weighted by Gasteiger charge is -2.33. The predicted molar refractivity (Wildman–Crippen MR) is 73.2 cm³/mol. The molecule has 0 aromatic heterocycles. The molecule has 0 bridgehead atoms. The molecule has 0 spiro atoms. The number of methoxy groups -OCH3 is 2. The second-order valence-corrected chi connectivity index (χ2v) is 5.12. The van der Waals surface area contributed by atoms with E-state index in [4.69, 9.17) is 14.2 Å². The highest BCUT2D eigenvalue weighted by atomic mass is 16.5. The van der Waals surface area contributed by atoms with Crippen molar-refractivity contribution in [2.75, 3.05) is 20.8 Å². The first kappa shape index (κ1) is 14.7. The summed E-state index contributed by atoms with van der Waals surface area (Å²) in [6, 6.07) is 3.77. The van der Waals surface area contributed by atoms with Crippen LogP contribution in [-0.4, -0.2) is 38.0 Å². The molecule has 1 saturated heterocycles. The van der Waals surface area contributed by atoms with Crippen LogP contribution in [0.1, 0.15) is 24.0 Å². The van der Waals surface area contributed by atoms with Crippen LogP contribution in [0.4, 0.5) is 0 Å². The summed E-state index contributed by atoms with van der Waals surface area (Å²) in [7, 11) is 3.13. The average molecular weight is 280 g/mol. The van der Waals surface area contributed by atoms with Crippen LogP contribution in [0.5, 0.6) is 11.5 Å². The molecule has 1 heterocycles. The molecular weight excluding hydrogens is 260 g/mol. The minimum Gasteiger partial charge on any atom is -0.493 e. The van der Waals surface area contributed by atoms with Crippen LogP contribution in [0.3, 0.4) is 0 Å². The van der Waals surface area contributed by atoms with E-state index in [1.54, 1.807) is 14.2 Å². The normalized spacial score (nSPS) is 26.1. The van der Waals surface area contributed by atoms with Crippen LogP contribution in [0.15, 0.2) is 12.1 Å². The quantitative estimate of drug-likeness (QED) is 0.853. The molecular formula is C15H20O5. The Hall–Kier alpha value is -1.75. The van der Waals surface area contributed by atoms with Crippen LogP contribution in [0.2, 0.25) is 0 Å². The molecule has 5 nitrogen and oxygen atoms in total. The zero-order valence-corrected chi connectivity index (χ0v) is 12.2. The van der Waals surface area contributed by atoms with Crippen molar-refractivity contribution in [3.63, 3.8) is 0 Å². The van der Waals surface area contributed by atoms with E-state index < -0.39 is 12.1 Å². The molecule has 5 heteroatoms. The molecule has 0 unspecified atom stereocenters. The number of carbonyl (C=O) groups excluding carboxylic acids is 1. The topological polar surface area (TPSA) is 65.0 Å². The Balaban J connectivity index is 2.53. The SMILES string of the molecule is COc1c(C)ccc([C@H]2[C@H](C)COC(=O)[C@H]2O)c1OC. The predicted octanol–water partition coefficient (Wildman–Crippen LogP) is 1.65. The Morgan fingerprint density at radius 3 is 2.50 bits per heavy atom. The molecule has 0 radical (unpaired) electrons. The molecule has 3 atom stereocenters. The maximum atomic E-state index is 11.6. The van der Waals surface area contributed by atoms with Gasteiger partial charge in [0.05, 0.1) is 20.8 Å². The van der Waals surface area contributed by atoms with E-state index in [0.717, 1.165) is 11.1 Å². The van der Waals surface area contributed by atoms with Crippen LogP contribution in [0, 0.1) is 12.8 Å². The van der Waals surface area contributed by atoms with Crippen LogP contribution in [-0.2, 0) is 9.53 Å². The van der Waals surface area contributed by atoms with Crippen LogP contribution in [0.25, 0.3) is 0 Å². The second-order valence-electron chi connectivity index (χ2n) is 5.12. The Morgan fingerprint density at radius 1 is 1.25 bits per heavy atom. The number of ether oxygens (including phenoxy) is 3. The summed E-state index contributed by atoms with van der Waals surface area (Å²) in [5.74, 6) is 0.251. The van der Waals surface area contributed by atoms with Crippen molar-refractivity contribution < 1.29 is 24.1 Å². The van der Waals surface area contributed by atoms with Gasteiger partial charge in [0.15, 0.2) is 17.6 Å². The highest BCUT2D eigenvalue weighted by Crippen LogP contribution is 2.43. The lowest BCUT2D eigenvalue weighted by Crippen LogP contribution is -2.41. The number of hydrogen-bond acceptors (Lipinski definition) is 5. The number of rotatable bonds is 3. The van der Waals surface area contributed by atoms with Gasteiger partial charge in [-0.1, -0.05) is 19.1 Å². The minimum atomic E-state index is -1.18. The largest absolute Gasteiger partial charge is 0.493 e. The van der Waals surface area contributed by atoms with Gasteiger partial charge in [-0.2, -0.15) is 0 Å². The number of hydrogen-bond donors (Lipinski definition) is 1. The van der Waals surface area contributed by atoms with Crippen molar-refractivity contribution in [1.82, 2.24) is 0 Å². The smallest absolute Gasteiger partial charge is 0.335 e. The third kappa shape index (κ3) is 2.33. The first-order valence-electron chi connectivity index (χ1n) is 6.57. The van der Waals surface area contributed by atoms with Crippen LogP contribution < -0.4 is 9.47 Å². The molecule has 0 saturated carbocycles. The molecule has 1 aromatic rings. The fourth-order valence-corrected chi connectivity index (χ4v) is 2.74. The van der Waals surface area contributed by atoms with Crippen molar-refractivity contribution in [3.8, 4) is 11.5 Å². The molecule has 1 aliphatic heterocycles. The molecule has 0 amide bonds. The number of esters is 1. The number of carbonyl (C=O) groups is 1. The fourth-order valence-electron chi connectivity index (χ4n) is 2.74. The lowest BCUT2D eigenvalue weighted by atomic mass is 9.80. The van der Waals surface area contributed by atoms with Gasteiger partial charge in [0, 0.05) is 17.4 Å². The zero-order chi connectivity index (χ0) is 14.9. The molecule has 20 heavy (non-hydrogen) atoms. The van der Waals surface area contributed by atoms with Gasteiger partial charge in [-0.05, 0) is 12.5 Å². The molecule has 2 rings (SSSR count). The first-order chi connectivity index (χ1) is 9.51.